The average molecular weight is 182 g/mol. The Kier molecular flexibility index (Phi) is 3.12. The van der Waals surface area contributed by atoms with Crippen LogP contribution in [0.15, 0.2) is 29.4 Å². The molecule has 1 aromatic heterocycles. The van der Waals surface area contributed by atoms with E-state index >= 15 is 0 Å². The molecule has 2 nitrogen and oxygen atoms in total. The molecule has 0 fully saturated rings. The molecule has 3 heteroatoms. The molecule has 0 aliphatic heterocycles. The van der Waals surface area contributed by atoms with Crippen molar-refractivity contribution in [3.8, 4) is 0 Å². The van der Waals surface area contributed by atoms with Gasteiger partial charge in [-0.05, 0) is 26.0 Å². The van der Waals surface area contributed by atoms with Gasteiger partial charge in [0.15, 0.2) is 0 Å². The maximum Gasteiger partial charge on any atom is 0.0278 e. The third-order valence-corrected chi connectivity index (χ3v) is 2.75. The molecular formula is C9H14N2S. The molecule has 1 rings (SSSR count). The largest absolute Gasteiger partial charge is 0.325 e. The summed E-state index contributed by atoms with van der Waals surface area (Å²) >= 11 is 1.76. The second kappa shape index (κ2) is 3.92. The first kappa shape index (κ1) is 9.55. The lowest BCUT2D eigenvalue weighted by atomic mass is 10.1. The molecule has 0 amide bonds. The van der Waals surface area contributed by atoms with E-state index in [0.717, 1.165) is 5.75 Å². The number of aromatic nitrogens is 1. The van der Waals surface area contributed by atoms with Crippen molar-refractivity contribution in [3.63, 3.8) is 0 Å². The minimum absolute atomic E-state index is 0.103. The minimum Gasteiger partial charge on any atom is -0.325 e. The van der Waals surface area contributed by atoms with Crippen molar-refractivity contribution in [2.75, 3.05) is 5.75 Å². The van der Waals surface area contributed by atoms with E-state index in [1.54, 1.807) is 24.2 Å². The van der Waals surface area contributed by atoms with Crippen LogP contribution in [0.2, 0.25) is 0 Å². The first-order valence-corrected chi connectivity index (χ1v) is 4.88. The van der Waals surface area contributed by atoms with Crippen molar-refractivity contribution in [2.45, 2.75) is 24.3 Å². The summed E-state index contributed by atoms with van der Waals surface area (Å²) in [7, 11) is 0. The summed E-state index contributed by atoms with van der Waals surface area (Å²) in [5.74, 6) is 0.928. The molecule has 2 N–H and O–H groups in total. The second-order valence-electron chi connectivity index (χ2n) is 3.46. The van der Waals surface area contributed by atoms with Gasteiger partial charge in [0.25, 0.3) is 0 Å². The molecule has 1 aromatic rings. The van der Waals surface area contributed by atoms with Crippen LogP contribution in [0.3, 0.4) is 0 Å². The Morgan fingerprint density at radius 2 is 2.00 bits per heavy atom. The summed E-state index contributed by atoms with van der Waals surface area (Å²) < 4.78 is 0. The van der Waals surface area contributed by atoms with Crippen molar-refractivity contribution in [1.82, 2.24) is 4.98 Å². The SMILES string of the molecule is CC(C)(N)CSc1ccncc1. The summed E-state index contributed by atoms with van der Waals surface area (Å²) in [4.78, 5) is 5.17. The Bertz CT molecular complexity index is 228. The maximum atomic E-state index is 5.85. The highest BCUT2D eigenvalue weighted by Gasteiger charge is 2.10. The third-order valence-electron chi connectivity index (χ3n) is 1.26. The van der Waals surface area contributed by atoms with Crippen molar-refractivity contribution >= 4 is 11.8 Å². The number of thioether (sulfide) groups is 1. The van der Waals surface area contributed by atoms with Gasteiger partial charge in [-0.15, -0.1) is 11.8 Å². The van der Waals surface area contributed by atoms with E-state index in [1.807, 2.05) is 26.0 Å². The topological polar surface area (TPSA) is 38.9 Å². The van der Waals surface area contributed by atoms with E-state index < -0.39 is 0 Å². The zero-order valence-corrected chi connectivity index (χ0v) is 8.27. The molecule has 0 saturated carbocycles. The number of hydrogen-bond donors (Lipinski definition) is 1. The maximum absolute atomic E-state index is 5.85. The van der Waals surface area contributed by atoms with Crippen LogP contribution in [0.1, 0.15) is 13.8 Å². The van der Waals surface area contributed by atoms with Gasteiger partial charge in [-0.2, -0.15) is 0 Å². The van der Waals surface area contributed by atoms with Crippen LogP contribution in [0.5, 0.6) is 0 Å². The fourth-order valence-corrected chi connectivity index (χ4v) is 1.56. The minimum atomic E-state index is -0.103. The van der Waals surface area contributed by atoms with E-state index in [1.165, 1.54) is 4.90 Å². The predicted molar refractivity (Wildman–Crippen MR) is 53.2 cm³/mol. The van der Waals surface area contributed by atoms with Gasteiger partial charge in [0, 0.05) is 28.6 Å². The van der Waals surface area contributed by atoms with Crippen molar-refractivity contribution in [3.05, 3.63) is 24.5 Å². The van der Waals surface area contributed by atoms with Gasteiger partial charge >= 0.3 is 0 Å². The van der Waals surface area contributed by atoms with Crippen molar-refractivity contribution in [2.24, 2.45) is 5.73 Å². The molecule has 1 heterocycles. The molecule has 0 aromatic carbocycles. The van der Waals surface area contributed by atoms with Crippen LogP contribution >= 0.6 is 11.8 Å². The predicted octanol–water partition coefficient (Wildman–Crippen LogP) is 1.91. The number of pyridine rings is 1. The molecule has 0 aliphatic rings. The van der Waals surface area contributed by atoms with E-state index in [4.69, 9.17) is 5.73 Å². The Labute approximate surface area is 77.6 Å². The molecule has 0 radical (unpaired) electrons. The highest BCUT2D eigenvalue weighted by Crippen LogP contribution is 2.19. The lowest BCUT2D eigenvalue weighted by molar-refractivity contribution is 0.591. The van der Waals surface area contributed by atoms with Crippen LogP contribution in [-0.4, -0.2) is 16.3 Å². The van der Waals surface area contributed by atoms with Crippen molar-refractivity contribution < 1.29 is 0 Å². The fraction of sp³-hybridized carbons (Fsp3) is 0.444. The van der Waals surface area contributed by atoms with E-state index in [0.29, 0.717) is 0 Å². The third kappa shape index (κ3) is 3.74. The van der Waals surface area contributed by atoms with Crippen LogP contribution in [-0.2, 0) is 0 Å². The average Bonchev–Trinajstić information content (AvgIpc) is 2.02. The van der Waals surface area contributed by atoms with E-state index in [-0.39, 0.29) is 5.54 Å². The van der Waals surface area contributed by atoms with E-state index in [9.17, 15) is 0 Å². The summed E-state index contributed by atoms with van der Waals surface area (Å²) in [6, 6.07) is 3.99. The van der Waals surface area contributed by atoms with Gasteiger partial charge in [0.1, 0.15) is 0 Å². The number of nitrogens with zero attached hydrogens (tertiary/aromatic N) is 1. The van der Waals surface area contributed by atoms with Gasteiger partial charge in [-0.25, -0.2) is 0 Å². The van der Waals surface area contributed by atoms with Gasteiger partial charge in [0.2, 0.25) is 0 Å². The lowest BCUT2D eigenvalue weighted by Crippen LogP contribution is -2.34. The number of rotatable bonds is 3. The molecule has 0 saturated heterocycles. The van der Waals surface area contributed by atoms with Gasteiger partial charge in [0.05, 0.1) is 0 Å². The van der Waals surface area contributed by atoms with Gasteiger partial charge < -0.3 is 5.73 Å². The normalized spacial score (nSPS) is 11.6. The Balaban J connectivity index is 2.44. The molecule has 0 bridgehead atoms. The zero-order chi connectivity index (χ0) is 9.03. The Hall–Kier alpha value is -0.540. The van der Waals surface area contributed by atoms with Crippen LogP contribution in [0.4, 0.5) is 0 Å². The highest BCUT2D eigenvalue weighted by molar-refractivity contribution is 7.99. The molecular weight excluding hydrogens is 168 g/mol. The van der Waals surface area contributed by atoms with E-state index in [2.05, 4.69) is 4.98 Å². The summed E-state index contributed by atoms with van der Waals surface area (Å²) in [6.45, 7) is 4.06. The molecule has 12 heavy (non-hydrogen) atoms. The summed E-state index contributed by atoms with van der Waals surface area (Å²) in [5.41, 5.74) is 5.74. The smallest absolute Gasteiger partial charge is 0.0278 e. The van der Waals surface area contributed by atoms with Crippen LogP contribution in [0.25, 0.3) is 0 Å². The summed E-state index contributed by atoms with van der Waals surface area (Å²) in [6.07, 6.45) is 3.59. The molecule has 0 spiro atoms. The van der Waals surface area contributed by atoms with Gasteiger partial charge in [-0.1, -0.05) is 0 Å². The lowest BCUT2D eigenvalue weighted by Gasteiger charge is -2.17. The number of hydrogen-bond acceptors (Lipinski definition) is 3. The van der Waals surface area contributed by atoms with Crippen LogP contribution in [0, 0.1) is 0 Å². The highest BCUT2D eigenvalue weighted by atomic mass is 32.2. The first-order valence-electron chi connectivity index (χ1n) is 3.90. The van der Waals surface area contributed by atoms with Gasteiger partial charge in [-0.3, -0.25) is 4.98 Å². The first-order chi connectivity index (χ1) is 5.58. The molecule has 0 aliphatic carbocycles. The fourth-order valence-electron chi connectivity index (χ4n) is 0.704. The number of nitrogens with two attached hydrogens (primary N) is 1. The Morgan fingerprint density at radius 3 is 2.50 bits per heavy atom. The molecule has 0 unspecified atom stereocenters. The quantitative estimate of drug-likeness (QED) is 0.726. The zero-order valence-electron chi connectivity index (χ0n) is 7.45. The second-order valence-corrected chi connectivity index (χ2v) is 4.51. The monoisotopic (exact) mass is 182 g/mol. The summed E-state index contributed by atoms with van der Waals surface area (Å²) in [5, 5.41) is 0. The molecule has 66 valence electrons. The Morgan fingerprint density at radius 1 is 1.42 bits per heavy atom. The van der Waals surface area contributed by atoms with Crippen LogP contribution < -0.4 is 5.73 Å². The standard InChI is InChI=1S/C9H14N2S/c1-9(2,10)7-12-8-3-5-11-6-4-8/h3-6H,7,10H2,1-2H3. The van der Waals surface area contributed by atoms with Crippen molar-refractivity contribution in [1.29, 1.82) is 0 Å². The molecule has 0 atom stereocenters.